The van der Waals surface area contributed by atoms with Crippen LogP contribution < -0.4 is 4.90 Å². The summed E-state index contributed by atoms with van der Waals surface area (Å²) in [7, 11) is -3.92. The van der Waals surface area contributed by atoms with Crippen molar-refractivity contribution in [2.75, 3.05) is 39.2 Å². The maximum absolute atomic E-state index is 12.6. The number of quaternary nitrogens is 1. The van der Waals surface area contributed by atoms with Crippen LogP contribution >= 0.6 is 0 Å². The van der Waals surface area contributed by atoms with Crippen LogP contribution in [0.5, 0.6) is 0 Å². The Hall–Kier alpha value is -1.65. The van der Waals surface area contributed by atoms with E-state index in [4.69, 9.17) is 22.4 Å². The van der Waals surface area contributed by atoms with E-state index >= 15 is 0 Å². The summed E-state index contributed by atoms with van der Waals surface area (Å²) in [5.41, 5.74) is 1.33. The smallest absolute Gasteiger partial charge is 0.170 e. The zero-order valence-electron chi connectivity index (χ0n) is 18.0. The molecule has 0 saturated carbocycles. The molecule has 2 aliphatic rings. The molecule has 2 heterocycles. The van der Waals surface area contributed by atoms with Crippen molar-refractivity contribution < 1.29 is 36.9 Å². The molecular formula is C21H33NO7S. The largest absolute Gasteiger partial charge is 0.748 e. The monoisotopic (exact) mass is 443 g/mol. The van der Waals surface area contributed by atoms with Gasteiger partial charge in [-0.05, 0) is 26.7 Å². The van der Waals surface area contributed by atoms with Gasteiger partial charge in [0, 0.05) is 31.0 Å². The first kappa shape index (κ1) is 26.4. The van der Waals surface area contributed by atoms with Crippen LogP contribution in [-0.2, 0) is 35.7 Å². The molecule has 0 bridgehead atoms. The molecule has 30 heavy (non-hydrogen) atoms. The van der Waals surface area contributed by atoms with Gasteiger partial charge in [0.2, 0.25) is 0 Å². The summed E-state index contributed by atoms with van der Waals surface area (Å²) in [6, 6.07) is 10.5. The first-order valence-electron chi connectivity index (χ1n) is 10.0. The second kappa shape index (κ2) is 13.6. The highest BCUT2D eigenvalue weighted by Gasteiger charge is 2.34. The zero-order chi connectivity index (χ0) is 22.6. The van der Waals surface area contributed by atoms with E-state index in [0.29, 0.717) is 31.9 Å². The highest BCUT2D eigenvalue weighted by molar-refractivity contribution is 7.84. The summed E-state index contributed by atoms with van der Waals surface area (Å²) in [6.07, 6.45) is 2.09. The second-order valence-corrected chi connectivity index (χ2v) is 9.04. The van der Waals surface area contributed by atoms with Crippen LogP contribution in [0.4, 0.5) is 0 Å². The molecule has 0 radical (unpaired) electrons. The fourth-order valence-corrected chi connectivity index (χ4v) is 3.24. The van der Waals surface area contributed by atoms with Crippen molar-refractivity contribution in [3.63, 3.8) is 0 Å². The van der Waals surface area contributed by atoms with Gasteiger partial charge in [-0.25, -0.2) is 8.42 Å². The predicted molar refractivity (Wildman–Crippen MR) is 111 cm³/mol. The molecule has 1 N–H and O–H groups in total. The van der Waals surface area contributed by atoms with Gasteiger partial charge in [-0.2, -0.15) is 0 Å². The number of carbonyl (C=O) groups is 2. The van der Waals surface area contributed by atoms with Crippen molar-refractivity contribution in [2.24, 2.45) is 5.92 Å². The number of ether oxygens (including phenoxy) is 2. The predicted octanol–water partition coefficient (Wildman–Crippen LogP) is 0.223. The molecule has 8 nitrogen and oxygen atoms in total. The van der Waals surface area contributed by atoms with Crippen molar-refractivity contribution in [3.8, 4) is 0 Å². The molecule has 9 heteroatoms. The Morgan fingerprint density at radius 1 is 1.10 bits per heavy atom. The molecule has 170 valence electrons. The van der Waals surface area contributed by atoms with Crippen LogP contribution in [-0.4, -0.2) is 69.8 Å². The molecule has 0 spiro atoms. The number of nitrogens with one attached hydrogen (secondary N) is 1. The number of hydrogen-bond acceptors (Lipinski definition) is 7. The van der Waals surface area contributed by atoms with Gasteiger partial charge >= 0.3 is 0 Å². The Labute approximate surface area is 179 Å². The Kier molecular flexibility index (Phi) is 12.0. The number of hydrogen-bond donors (Lipinski definition) is 1. The Morgan fingerprint density at radius 3 is 2.17 bits per heavy atom. The Balaban J connectivity index is 0.000000425. The van der Waals surface area contributed by atoms with Crippen molar-refractivity contribution in [3.05, 3.63) is 35.9 Å². The lowest BCUT2D eigenvalue weighted by Crippen LogP contribution is -3.13. The summed E-state index contributed by atoms with van der Waals surface area (Å²) in [4.78, 5) is 23.4. The summed E-state index contributed by atoms with van der Waals surface area (Å²) >= 11 is 0. The number of rotatable bonds is 4. The van der Waals surface area contributed by atoms with Crippen molar-refractivity contribution in [1.82, 2.24) is 0 Å². The molecule has 2 saturated heterocycles. The highest BCUT2D eigenvalue weighted by Crippen LogP contribution is 2.18. The van der Waals surface area contributed by atoms with E-state index in [2.05, 4.69) is 24.3 Å². The molecule has 1 aromatic carbocycles. The third-order valence-corrected chi connectivity index (χ3v) is 4.49. The quantitative estimate of drug-likeness (QED) is 0.662. The fraction of sp³-hybridized carbons (Fsp3) is 0.619. The summed E-state index contributed by atoms with van der Waals surface area (Å²) < 4.78 is 38.3. The lowest BCUT2D eigenvalue weighted by Gasteiger charge is -2.32. The van der Waals surface area contributed by atoms with Crippen LogP contribution in [0, 0.1) is 5.92 Å². The van der Waals surface area contributed by atoms with E-state index in [9.17, 15) is 9.59 Å². The molecule has 0 aliphatic carbocycles. The molecule has 2 atom stereocenters. The van der Waals surface area contributed by atoms with E-state index < -0.39 is 10.1 Å². The number of Topliss-reactive ketones (excluding diaryl/α,β-unsaturated/α-hetero) is 2. The van der Waals surface area contributed by atoms with Crippen LogP contribution in [0.1, 0.15) is 32.3 Å². The third-order valence-electron chi connectivity index (χ3n) is 4.49. The second-order valence-electron chi connectivity index (χ2n) is 7.63. The van der Waals surface area contributed by atoms with Gasteiger partial charge in [0.25, 0.3) is 0 Å². The van der Waals surface area contributed by atoms with Gasteiger partial charge in [0.15, 0.2) is 11.9 Å². The number of morpholine rings is 1. The van der Waals surface area contributed by atoms with Crippen molar-refractivity contribution >= 4 is 21.7 Å². The van der Waals surface area contributed by atoms with Gasteiger partial charge in [-0.1, -0.05) is 30.3 Å². The Morgan fingerprint density at radius 2 is 1.63 bits per heavy atom. The van der Waals surface area contributed by atoms with Crippen LogP contribution in [0.15, 0.2) is 30.3 Å². The normalized spacial score (nSPS) is 22.0. The molecule has 1 unspecified atom stereocenters. The van der Waals surface area contributed by atoms with Gasteiger partial charge in [0.1, 0.15) is 25.4 Å². The number of benzene rings is 1. The minimum atomic E-state index is -3.92. The van der Waals surface area contributed by atoms with E-state index in [0.717, 1.165) is 32.5 Å². The third kappa shape index (κ3) is 12.8. The first-order valence-corrected chi connectivity index (χ1v) is 11.9. The van der Waals surface area contributed by atoms with E-state index in [1.54, 1.807) is 0 Å². The number of ketones is 2. The van der Waals surface area contributed by atoms with Crippen LogP contribution in [0.25, 0.3) is 0 Å². The molecular weight excluding hydrogens is 410 g/mol. The fourth-order valence-electron chi connectivity index (χ4n) is 3.24. The standard InChI is InChI=1S/C17H23NO3.C3H6O.CH4O3S/c19-17(15-6-9-20-10-7-15)16-13-18(8-11-21-16)12-14-4-2-1-3-5-14;1-3(2)4;1-5(2,3)4/h1-5,15-16H,6-13H2;1-2H3;1H3,(H,2,3,4)/t16-;;/m0../s1. The highest BCUT2D eigenvalue weighted by atomic mass is 32.2. The van der Waals surface area contributed by atoms with Gasteiger partial charge < -0.3 is 23.7 Å². The average molecular weight is 444 g/mol. The zero-order valence-corrected chi connectivity index (χ0v) is 18.8. The SMILES string of the molecule is CC(C)=O.CS(=O)(=O)[O-].O=C(C1CCOCC1)[C@@H]1C[NH+](Cc2ccccc2)CCO1. The van der Waals surface area contributed by atoms with Crippen LogP contribution in [0.3, 0.4) is 0 Å². The van der Waals surface area contributed by atoms with Gasteiger partial charge in [-0.3, -0.25) is 4.79 Å². The van der Waals surface area contributed by atoms with E-state index in [1.165, 1.54) is 24.3 Å². The van der Waals surface area contributed by atoms with Gasteiger partial charge in [-0.15, -0.1) is 0 Å². The minimum absolute atomic E-state index is 0.139. The molecule has 0 aromatic heterocycles. The van der Waals surface area contributed by atoms with E-state index in [-0.39, 0.29) is 17.8 Å². The molecule has 2 aliphatic heterocycles. The Bertz CT molecular complexity index is 734. The number of carbonyl (C=O) groups excluding carboxylic acids is 2. The average Bonchev–Trinajstić information content (AvgIpc) is 2.67. The molecule has 0 amide bonds. The molecule has 3 rings (SSSR count). The van der Waals surface area contributed by atoms with E-state index in [1.807, 2.05) is 6.07 Å². The molecule has 1 aromatic rings. The van der Waals surface area contributed by atoms with Crippen LogP contribution in [0.2, 0.25) is 0 Å². The lowest BCUT2D eigenvalue weighted by molar-refractivity contribution is -0.923. The maximum atomic E-state index is 12.6. The first-order chi connectivity index (χ1) is 14.1. The topological polar surface area (TPSA) is 114 Å². The van der Waals surface area contributed by atoms with Gasteiger partial charge in [0.05, 0.1) is 16.7 Å². The maximum Gasteiger partial charge on any atom is 0.170 e. The molecule has 2 fully saturated rings. The summed E-state index contributed by atoms with van der Waals surface area (Å²) in [6.45, 7) is 7.91. The lowest BCUT2D eigenvalue weighted by atomic mass is 9.91. The van der Waals surface area contributed by atoms with Crippen molar-refractivity contribution in [1.29, 1.82) is 0 Å². The summed E-state index contributed by atoms with van der Waals surface area (Å²) in [5.74, 6) is 0.600. The van der Waals surface area contributed by atoms with Crippen molar-refractivity contribution in [2.45, 2.75) is 39.3 Å². The summed E-state index contributed by atoms with van der Waals surface area (Å²) in [5, 5.41) is 0. The minimum Gasteiger partial charge on any atom is -0.748 e.